The Balaban J connectivity index is 1.42. The zero-order chi connectivity index (χ0) is 25.7. The maximum absolute atomic E-state index is 12.3. The summed E-state index contributed by atoms with van der Waals surface area (Å²) in [7, 11) is 2.71. The van der Waals surface area contributed by atoms with Crippen molar-refractivity contribution in [1.29, 1.82) is 0 Å². The molecular weight excluding hydrogens is 466 g/mol. The van der Waals surface area contributed by atoms with Crippen molar-refractivity contribution in [3.8, 4) is 11.5 Å². The first-order chi connectivity index (χ1) is 17.4. The molecule has 1 unspecified atom stereocenters. The lowest BCUT2D eigenvalue weighted by molar-refractivity contribution is -0.136. The Morgan fingerprint density at radius 3 is 2.72 bits per heavy atom. The van der Waals surface area contributed by atoms with Gasteiger partial charge in [0, 0.05) is 28.4 Å². The van der Waals surface area contributed by atoms with Crippen LogP contribution < -0.4 is 25.5 Å². The van der Waals surface area contributed by atoms with E-state index in [0.29, 0.717) is 22.8 Å². The van der Waals surface area contributed by atoms with Crippen molar-refractivity contribution >= 4 is 35.0 Å². The molecule has 3 amide bonds. The minimum Gasteiger partial charge on any atom is -0.493 e. The number of benzene rings is 2. The summed E-state index contributed by atoms with van der Waals surface area (Å²) in [5.74, 6) is -0.418. The smallest absolute Gasteiger partial charge is 0.337 e. The van der Waals surface area contributed by atoms with Crippen molar-refractivity contribution < 1.29 is 28.6 Å². The number of hydrogen-bond donors (Lipinski definition) is 4. The lowest BCUT2D eigenvalue weighted by Gasteiger charge is -2.28. The average molecular weight is 492 g/mol. The highest BCUT2D eigenvalue weighted by atomic mass is 16.5. The van der Waals surface area contributed by atoms with Gasteiger partial charge < -0.3 is 29.8 Å². The first kappa shape index (κ1) is 24.3. The number of esters is 1. The van der Waals surface area contributed by atoms with E-state index in [-0.39, 0.29) is 12.2 Å². The van der Waals surface area contributed by atoms with Crippen molar-refractivity contribution in [3.05, 3.63) is 71.1 Å². The van der Waals surface area contributed by atoms with Crippen molar-refractivity contribution in [1.82, 2.24) is 21.0 Å². The molecule has 1 aromatic heterocycles. The molecule has 4 rings (SSSR count). The molecule has 186 valence electrons. The van der Waals surface area contributed by atoms with Crippen LogP contribution in [0, 0.1) is 0 Å². The molecule has 1 aliphatic rings. The number of H-pyrrole nitrogens is 1. The van der Waals surface area contributed by atoms with Crippen LogP contribution in [0.1, 0.15) is 24.1 Å². The SMILES string of the molecule is COC(=O)C1=C(C)NC(=O)NC1c1ccc(OCC(=O)N/N=C/c2c[nH]c3ccccc23)c(OC)c1. The average Bonchev–Trinajstić information content (AvgIpc) is 3.29. The van der Waals surface area contributed by atoms with Crippen LogP contribution in [0.5, 0.6) is 11.5 Å². The number of para-hydroxylation sites is 1. The van der Waals surface area contributed by atoms with E-state index in [9.17, 15) is 14.4 Å². The van der Waals surface area contributed by atoms with Crippen molar-refractivity contribution in [2.24, 2.45) is 5.10 Å². The van der Waals surface area contributed by atoms with E-state index in [1.54, 1.807) is 37.5 Å². The third-order valence-electron chi connectivity index (χ3n) is 5.57. The first-order valence-corrected chi connectivity index (χ1v) is 11.0. The lowest BCUT2D eigenvalue weighted by atomic mass is 9.95. The highest BCUT2D eigenvalue weighted by Gasteiger charge is 2.32. The second kappa shape index (κ2) is 10.6. The number of amides is 3. The highest BCUT2D eigenvalue weighted by molar-refractivity contribution is 5.99. The lowest BCUT2D eigenvalue weighted by Crippen LogP contribution is -2.45. The van der Waals surface area contributed by atoms with Crippen LogP contribution in [0.2, 0.25) is 0 Å². The minimum absolute atomic E-state index is 0.264. The van der Waals surface area contributed by atoms with Crippen LogP contribution in [0.25, 0.3) is 10.9 Å². The molecule has 2 heterocycles. The number of ether oxygens (including phenoxy) is 3. The molecule has 4 N–H and O–H groups in total. The summed E-state index contributed by atoms with van der Waals surface area (Å²) in [5.41, 5.74) is 5.46. The van der Waals surface area contributed by atoms with Gasteiger partial charge in [0.2, 0.25) is 0 Å². The number of aromatic nitrogens is 1. The number of hydrazone groups is 1. The number of methoxy groups -OCH3 is 2. The Labute approximate surface area is 206 Å². The Morgan fingerprint density at radius 1 is 1.14 bits per heavy atom. The largest absolute Gasteiger partial charge is 0.493 e. The third kappa shape index (κ3) is 5.14. The summed E-state index contributed by atoms with van der Waals surface area (Å²) < 4.78 is 15.9. The van der Waals surface area contributed by atoms with Gasteiger partial charge in [0.05, 0.1) is 32.0 Å². The summed E-state index contributed by atoms with van der Waals surface area (Å²) in [4.78, 5) is 39.7. The van der Waals surface area contributed by atoms with E-state index in [0.717, 1.165) is 16.5 Å². The Kier molecular flexibility index (Phi) is 7.19. The van der Waals surface area contributed by atoms with Gasteiger partial charge in [-0.05, 0) is 30.7 Å². The molecule has 11 nitrogen and oxygen atoms in total. The summed E-state index contributed by atoms with van der Waals surface area (Å²) in [5, 5.41) is 10.3. The number of urea groups is 1. The third-order valence-corrected chi connectivity index (χ3v) is 5.57. The molecular formula is C25H25N5O6. The van der Waals surface area contributed by atoms with E-state index in [2.05, 4.69) is 26.1 Å². The van der Waals surface area contributed by atoms with Gasteiger partial charge in [-0.1, -0.05) is 24.3 Å². The fourth-order valence-corrected chi connectivity index (χ4v) is 3.86. The van der Waals surface area contributed by atoms with Gasteiger partial charge in [-0.3, -0.25) is 4.79 Å². The van der Waals surface area contributed by atoms with Gasteiger partial charge in [0.25, 0.3) is 5.91 Å². The van der Waals surface area contributed by atoms with E-state index < -0.39 is 23.9 Å². The van der Waals surface area contributed by atoms with Crippen LogP contribution in [-0.2, 0) is 14.3 Å². The number of nitrogens with one attached hydrogen (secondary N) is 4. The second-order valence-electron chi connectivity index (χ2n) is 7.84. The van der Waals surface area contributed by atoms with Crippen LogP contribution >= 0.6 is 0 Å². The van der Waals surface area contributed by atoms with E-state index in [1.807, 2.05) is 24.3 Å². The molecule has 0 aliphatic carbocycles. The van der Waals surface area contributed by atoms with Crippen LogP contribution in [0.4, 0.5) is 4.79 Å². The number of rotatable bonds is 8. The molecule has 0 saturated heterocycles. The molecule has 36 heavy (non-hydrogen) atoms. The topological polar surface area (TPSA) is 143 Å². The monoisotopic (exact) mass is 491 g/mol. The molecule has 0 saturated carbocycles. The van der Waals surface area contributed by atoms with Crippen LogP contribution in [0.15, 0.2) is 65.0 Å². The number of fused-ring (bicyclic) bond motifs is 1. The normalized spacial score (nSPS) is 15.4. The quantitative estimate of drug-likeness (QED) is 0.217. The van der Waals surface area contributed by atoms with E-state index >= 15 is 0 Å². The number of hydrogen-bond acceptors (Lipinski definition) is 7. The number of nitrogens with zero attached hydrogens (tertiary/aromatic N) is 1. The van der Waals surface area contributed by atoms with Gasteiger partial charge in [-0.2, -0.15) is 5.10 Å². The Hall–Kier alpha value is -4.80. The number of allylic oxidation sites excluding steroid dienone is 1. The zero-order valence-corrected chi connectivity index (χ0v) is 19.9. The predicted molar refractivity (Wildman–Crippen MR) is 132 cm³/mol. The van der Waals surface area contributed by atoms with Gasteiger partial charge >= 0.3 is 12.0 Å². The van der Waals surface area contributed by atoms with Crippen LogP contribution in [0.3, 0.4) is 0 Å². The van der Waals surface area contributed by atoms with Crippen molar-refractivity contribution in [3.63, 3.8) is 0 Å². The minimum atomic E-state index is -0.753. The van der Waals surface area contributed by atoms with Gasteiger partial charge in [0.15, 0.2) is 18.1 Å². The molecule has 2 aromatic carbocycles. The summed E-state index contributed by atoms with van der Waals surface area (Å²) in [6.45, 7) is 1.31. The number of carbonyl (C=O) groups is 3. The van der Waals surface area contributed by atoms with Gasteiger partial charge in [-0.15, -0.1) is 0 Å². The van der Waals surface area contributed by atoms with Gasteiger partial charge in [-0.25, -0.2) is 15.0 Å². The maximum atomic E-state index is 12.3. The molecule has 0 bridgehead atoms. The molecule has 3 aromatic rings. The summed E-state index contributed by atoms with van der Waals surface area (Å²) in [6, 6.07) is 11.4. The molecule has 0 spiro atoms. The molecule has 0 fully saturated rings. The van der Waals surface area contributed by atoms with Gasteiger partial charge in [0.1, 0.15) is 0 Å². The Bertz CT molecular complexity index is 1380. The molecule has 11 heteroatoms. The highest BCUT2D eigenvalue weighted by Crippen LogP contribution is 2.34. The van der Waals surface area contributed by atoms with Crippen LogP contribution in [-0.4, -0.2) is 49.9 Å². The molecule has 1 atom stereocenters. The standard InChI is InChI=1S/C25H25N5O6/c1-14-22(24(32)35-3)23(29-25(33)28-14)15-8-9-19(20(10-15)34-2)36-13-21(31)30-27-12-16-11-26-18-7-5-4-6-17(16)18/h4-12,23,26H,13H2,1-3H3,(H,30,31)(H2,28,29,33)/b27-12+. The predicted octanol–water partition coefficient (Wildman–Crippen LogP) is 2.51. The van der Waals surface area contributed by atoms with Crippen molar-refractivity contribution in [2.45, 2.75) is 13.0 Å². The van der Waals surface area contributed by atoms with E-state index in [1.165, 1.54) is 14.2 Å². The molecule has 1 aliphatic heterocycles. The fourth-order valence-electron chi connectivity index (χ4n) is 3.86. The second-order valence-corrected chi connectivity index (χ2v) is 7.84. The molecule has 0 radical (unpaired) electrons. The number of carbonyl (C=O) groups excluding carboxylic acids is 3. The Morgan fingerprint density at radius 2 is 1.94 bits per heavy atom. The van der Waals surface area contributed by atoms with Crippen molar-refractivity contribution in [2.75, 3.05) is 20.8 Å². The first-order valence-electron chi connectivity index (χ1n) is 11.0. The van der Waals surface area contributed by atoms with E-state index in [4.69, 9.17) is 14.2 Å². The number of aromatic amines is 1. The summed E-state index contributed by atoms with van der Waals surface area (Å²) in [6.07, 6.45) is 3.35. The summed E-state index contributed by atoms with van der Waals surface area (Å²) >= 11 is 0. The maximum Gasteiger partial charge on any atom is 0.337 e. The zero-order valence-electron chi connectivity index (χ0n) is 19.9. The fraction of sp³-hybridized carbons (Fsp3) is 0.200.